The molecule has 1 heterocycles. The zero-order valence-corrected chi connectivity index (χ0v) is 12.6. The van der Waals surface area contributed by atoms with Crippen molar-refractivity contribution in [2.75, 3.05) is 19.3 Å². The molecule has 0 saturated carbocycles. The Labute approximate surface area is 122 Å². The van der Waals surface area contributed by atoms with Crippen molar-refractivity contribution < 1.29 is 14.3 Å². The summed E-state index contributed by atoms with van der Waals surface area (Å²) < 4.78 is 5.53. The van der Waals surface area contributed by atoms with Gasteiger partial charge >= 0.3 is 0 Å². The predicted molar refractivity (Wildman–Crippen MR) is 78.7 cm³/mol. The highest BCUT2D eigenvalue weighted by Crippen LogP contribution is 2.23. The van der Waals surface area contributed by atoms with Crippen LogP contribution in [0.3, 0.4) is 0 Å². The van der Waals surface area contributed by atoms with Gasteiger partial charge in [0.05, 0.1) is 11.4 Å². The molecule has 0 radical (unpaired) electrons. The smallest absolute Gasteiger partial charge is 0.257 e. The van der Waals surface area contributed by atoms with E-state index in [0.717, 1.165) is 5.52 Å². The van der Waals surface area contributed by atoms with E-state index in [1.807, 2.05) is 24.3 Å². The standard InChI is InChI=1S/C14H18N2O3S/c1-14(2,18)9-16(3)12(17)8-20-13-15-10-6-4-5-7-11(10)19-13/h4-7,18H,8-9H2,1-3H3. The molecule has 1 aromatic heterocycles. The van der Waals surface area contributed by atoms with Gasteiger partial charge in [0.25, 0.3) is 5.22 Å². The number of hydrogen-bond acceptors (Lipinski definition) is 5. The summed E-state index contributed by atoms with van der Waals surface area (Å²) in [6, 6.07) is 7.48. The quantitative estimate of drug-likeness (QED) is 0.856. The van der Waals surface area contributed by atoms with Crippen LogP contribution in [0.25, 0.3) is 11.1 Å². The van der Waals surface area contributed by atoms with Gasteiger partial charge in [0.1, 0.15) is 5.52 Å². The van der Waals surface area contributed by atoms with Crippen LogP contribution < -0.4 is 0 Å². The van der Waals surface area contributed by atoms with Crippen molar-refractivity contribution in [1.29, 1.82) is 0 Å². The summed E-state index contributed by atoms with van der Waals surface area (Å²) in [5.41, 5.74) is 0.603. The van der Waals surface area contributed by atoms with E-state index in [0.29, 0.717) is 17.4 Å². The van der Waals surface area contributed by atoms with E-state index in [2.05, 4.69) is 4.98 Å². The fourth-order valence-electron chi connectivity index (χ4n) is 1.82. The van der Waals surface area contributed by atoms with E-state index in [9.17, 15) is 9.90 Å². The van der Waals surface area contributed by atoms with Gasteiger partial charge in [0.2, 0.25) is 5.91 Å². The Balaban J connectivity index is 1.93. The predicted octanol–water partition coefficient (Wildman–Crippen LogP) is 2.15. The third kappa shape index (κ3) is 3.98. The zero-order valence-electron chi connectivity index (χ0n) is 11.8. The molecular weight excluding hydrogens is 276 g/mol. The van der Waals surface area contributed by atoms with Crippen molar-refractivity contribution in [3.8, 4) is 0 Å². The molecule has 1 aromatic carbocycles. The Morgan fingerprint density at radius 3 is 2.80 bits per heavy atom. The van der Waals surface area contributed by atoms with Gasteiger partial charge in [-0.05, 0) is 26.0 Å². The van der Waals surface area contributed by atoms with Crippen LogP contribution in [0.5, 0.6) is 0 Å². The van der Waals surface area contributed by atoms with Crippen LogP contribution in [0.1, 0.15) is 13.8 Å². The van der Waals surface area contributed by atoms with Crippen molar-refractivity contribution in [3.63, 3.8) is 0 Å². The maximum absolute atomic E-state index is 11.9. The molecule has 2 aromatic rings. The lowest BCUT2D eigenvalue weighted by atomic mass is 10.1. The SMILES string of the molecule is CN(CC(C)(C)O)C(=O)CSc1nc2ccccc2o1. The first-order chi connectivity index (χ1) is 9.35. The maximum atomic E-state index is 11.9. The average Bonchev–Trinajstić information content (AvgIpc) is 2.76. The lowest BCUT2D eigenvalue weighted by Crippen LogP contribution is -2.40. The molecule has 0 unspecified atom stereocenters. The molecule has 2 rings (SSSR count). The van der Waals surface area contributed by atoms with E-state index >= 15 is 0 Å². The second-order valence-corrected chi connectivity index (χ2v) is 6.22. The number of oxazole rings is 1. The van der Waals surface area contributed by atoms with Gasteiger partial charge in [-0.25, -0.2) is 4.98 Å². The van der Waals surface area contributed by atoms with Crippen LogP contribution in [0.4, 0.5) is 0 Å². The highest BCUT2D eigenvalue weighted by molar-refractivity contribution is 7.99. The molecule has 0 aliphatic heterocycles. The van der Waals surface area contributed by atoms with Crippen LogP contribution in [-0.2, 0) is 4.79 Å². The molecule has 0 fully saturated rings. The molecule has 1 N–H and O–H groups in total. The second kappa shape index (κ2) is 5.85. The number of para-hydroxylation sites is 2. The summed E-state index contributed by atoms with van der Waals surface area (Å²) in [5.74, 6) is 0.166. The molecule has 5 nitrogen and oxygen atoms in total. The van der Waals surface area contributed by atoms with Crippen LogP contribution in [-0.4, -0.2) is 45.8 Å². The number of carbonyl (C=O) groups excluding carboxylic acids is 1. The Bertz CT molecular complexity index is 571. The number of aliphatic hydroxyl groups is 1. The van der Waals surface area contributed by atoms with Gasteiger partial charge < -0.3 is 14.4 Å². The highest BCUT2D eigenvalue weighted by atomic mass is 32.2. The van der Waals surface area contributed by atoms with Gasteiger partial charge in [-0.15, -0.1) is 0 Å². The molecular formula is C14H18N2O3S. The molecule has 0 spiro atoms. The monoisotopic (exact) mass is 294 g/mol. The number of fused-ring (bicyclic) bond motifs is 1. The molecule has 1 amide bonds. The molecule has 108 valence electrons. The lowest BCUT2D eigenvalue weighted by molar-refractivity contribution is -0.129. The Morgan fingerprint density at radius 2 is 2.15 bits per heavy atom. The number of aromatic nitrogens is 1. The summed E-state index contributed by atoms with van der Waals surface area (Å²) >= 11 is 1.26. The van der Waals surface area contributed by atoms with E-state index in [1.165, 1.54) is 16.7 Å². The minimum Gasteiger partial charge on any atom is -0.431 e. The van der Waals surface area contributed by atoms with Crippen LogP contribution in [0, 0.1) is 0 Å². The van der Waals surface area contributed by atoms with Gasteiger partial charge in [0, 0.05) is 13.6 Å². The van der Waals surface area contributed by atoms with Crippen molar-refractivity contribution in [2.45, 2.75) is 24.7 Å². The largest absolute Gasteiger partial charge is 0.431 e. The van der Waals surface area contributed by atoms with Crippen LogP contribution in [0.15, 0.2) is 33.9 Å². The minimum absolute atomic E-state index is 0.0700. The summed E-state index contributed by atoms with van der Waals surface area (Å²) in [7, 11) is 1.67. The fourth-order valence-corrected chi connectivity index (χ4v) is 2.59. The van der Waals surface area contributed by atoms with Crippen molar-refractivity contribution in [3.05, 3.63) is 24.3 Å². The van der Waals surface area contributed by atoms with Crippen molar-refractivity contribution in [2.24, 2.45) is 0 Å². The summed E-state index contributed by atoms with van der Waals surface area (Å²) in [4.78, 5) is 17.7. The molecule has 0 aliphatic carbocycles. The van der Waals surface area contributed by atoms with E-state index in [4.69, 9.17) is 4.42 Å². The van der Waals surface area contributed by atoms with Crippen molar-refractivity contribution >= 4 is 28.8 Å². The first-order valence-electron chi connectivity index (χ1n) is 6.30. The number of rotatable bonds is 5. The molecule has 0 bridgehead atoms. The Morgan fingerprint density at radius 1 is 1.45 bits per heavy atom. The number of amides is 1. The van der Waals surface area contributed by atoms with Gasteiger partial charge in [-0.3, -0.25) is 4.79 Å². The lowest BCUT2D eigenvalue weighted by Gasteiger charge is -2.25. The van der Waals surface area contributed by atoms with Gasteiger partial charge in [0.15, 0.2) is 5.58 Å². The third-order valence-electron chi connectivity index (χ3n) is 2.64. The van der Waals surface area contributed by atoms with E-state index in [-0.39, 0.29) is 11.7 Å². The highest BCUT2D eigenvalue weighted by Gasteiger charge is 2.20. The van der Waals surface area contributed by atoms with E-state index in [1.54, 1.807) is 20.9 Å². The van der Waals surface area contributed by atoms with Crippen LogP contribution in [0.2, 0.25) is 0 Å². The second-order valence-electron chi connectivity index (χ2n) is 5.30. The third-order valence-corrected chi connectivity index (χ3v) is 3.46. The first kappa shape index (κ1) is 14.9. The fraction of sp³-hybridized carbons (Fsp3) is 0.429. The number of nitrogens with zero attached hydrogens (tertiary/aromatic N) is 2. The summed E-state index contributed by atoms with van der Waals surface area (Å²) in [5, 5.41) is 10.2. The molecule has 0 atom stereocenters. The first-order valence-corrected chi connectivity index (χ1v) is 7.28. The van der Waals surface area contributed by atoms with Crippen molar-refractivity contribution in [1.82, 2.24) is 9.88 Å². The Hall–Kier alpha value is -1.53. The number of carbonyl (C=O) groups is 1. The van der Waals surface area contributed by atoms with Gasteiger partial charge in [-0.2, -0.15) is 0 Å². The van der Waals surface area contributed by atoms with Gasteiger partial charge in [-0.1, -0.05) is 23.9 Å². The molecule has 20 heavy (non-hydrogen) atoms. The average molecular weight is 294 g/mol. The molecule has 0 saturated heterocycles. The number of thioether (sulfide) groups is 1. The maximum Gasteiger partial charge on any atom is 0.257 e. The Kier molecular flexibility index (Phi) is 4.35. The summed E-state index contributed by atoms with van der Waals surface area (Å²) in [6.45, 7) is 3.63. The number of benzene rings is 1. The summed E-state index contributed by atoms with van der Waals surface area (Å²) in [6.07, 6.45) is 0. The van der Waals surface area contributed by atoms with Crippen LogP contribution >= 0.6 is 11.8 Å². The molecule has 0 aliphatic rings. The zero-order chi connectivity index (χ0) is 14.8. The number of hydrogen-bond donors (Lipinski definition) is 1. The number of likely N-dealkylation sites (N-methyl/N-ethyl adjacent to an activating group) is 1. The topological polar surface area (TPSA) is 66.6 Å². The normalized spacial score (nSPS) is 11.8. The minimum atomic E-state index is -0.896. The van der Waals surface area contributed by atoms with E-state index < -0.39 is 5.60 Å². The molecule has 6 heteroatoms.